The number of esters is 1. The molecule has 5 heteroatoms. The highest BCUT2D eigenvalue weighted by atomic mass is 16.5. The van der Waals surface area contributed by atoms with E-state index in [4.69, 9.17) is 9.47 Å². The third kappa shape index (κ3) is 2.25. The van der Waals surface area contributed by atoms with Crippen molar-refractivity contribution in [2.45, 2.75) is 19.4 Å². The first-order valence-electron chi connectivity index (χ1n) is 9.58. The summed E-state index contributed by atoms with van der Waals surface area (Å²) in [6.45, 7) is 1.98. The topological polar surface area (TPSA) is 72.8 Å². The van der Waals surface area contributed by atoms with Gasteiger partial charge in [0.1, 0.15) is 5.75 Å². The quantitative estimate of drug-likeness (QED) is 0.524. The number of methoxy groups -OCH3 is 2. The molecule has 0 amide bonds. The summed E-state index contributed by atoms with van der Waals surface area (Å²) in [5.74, 6) is -0.107. The van der Waals surface area contributed by atoms with E-state index in [9.17, 15) is 14.7 Å². The predicted octanol–water partition coefficient (Wildman–Crippen LogP) is 4.07. The maximum absolute atomic E-state index is 13.4. The van der Waals surface area contributed by atoms with E-state index in [0.29, 0.717) is 40.0 Å². The van der Waals surface area contributed by atoms with E-state index in [0.717, 1.165) is 21.9 Å². The summed E-state index contributed by atoms with van der Waals surface area (Å²) >= 11 is 0. The van der Waals surface area contributed by atoms with Crippen molar-refractivity contribution >= 4 is 22.5 Å². The van der Waals surface area contributed by atoms with Crippen LogP contribution in [0.3, 0.4) is 0 Å². The molecule has 0 unspecified atom stereocenters. The first kappa shape index (κ1) is 17.9. The molecule has 0 aromatic heterocycles. The number of benzene rings is 3. The van der Waals surface area contributed by atoms with Gasteiger partial charge in [-0.2, -0.15) is 0 Å². The number of hydrogen-bond acceptors (Lipinski definition) is 5. The molecule has 0 fully saturated rings. The van der Waals surface area contributed by atoms with Gasteiger partial charge in [0.25, 0.3) is 0 Å². The zero-order chi connectivity index (χ0) is 20.4. The van der Waals surface area contributed by atoms with Crippen LogP contribution in [-0.4, -0.2) is 31.1 Å². The Hall–Kier alpha value is -3.18. The highest BCUT2D eigenvalue weighted by Crippen LogP contribution is 2.49. The smallest absolute Gasteiger partial charge is 0.338 e. The van der Waals surface area contributed by atoms with Gasteiger partial charge in [0, 0.05) is 16.5 Å². The SMILES string of the molecule is COC(=O)c1cc2c3c(ccc4c3c1-c1cccc(OC)c1C4=O)[C@@H](O)[C@H](C)C2. The highest BCUT2D eigenvalue weighted by Gasteiger charge is 2.36. The zero-order valence-electron chi connectivity index (χ0n) is 16.4. The molecule has 3 aromatic rings. The lowest BCUT2D eigenvalue weighted by Crippen LogP contribution is -2.22. The summed E-state index contributed by atoms with van der Waals surface area (Å²) in [5.41, 5.74) is 4.47. The van der Waals surface area contributed by atoms with Crippen LogP contribution in [0.5, 0.6) is 5.75 Å². The Balaban J connectivity index is 2.01. The van der Waals surface area contributed by atoms with Crippen LogP contribution < -0.4 is 4.74 Å². The van der Waals surface area contributed by atoms with Gasteiger partial charge < -0.3 is 14.6 Å². The van der Waals surface area contributed by atoms with E-state index in [-0.39, 0.29) is 11.7 Å². The molecule has 0 radical (unpaired) electrons. The average molecular weight is 388 g/mol. The van der Waals surface area contributed by atoms with Crippen molar-refractivity contribution in [2.24, 2.45) is 5.92 Å². The number of carbonyl (C=O) groups excluding carboxylic acids is 2. The minimum absolute atomic E-state index is 0.0129. The van der Waals surface area contributed by atoms with Gasteiger partial charge in [-0.05, 0) is 52.6 Å². The van der Waals surface area contributed by atoms with Crippen molar-refractivity contribution < 1.29 is 24.2 Å². The van der Waals surface area contributed by atoms with E-state index in [1.165, 1.54) is 14.2 Å². The Morgan fingerprint density at radius 1 is 1.07 bits per heavy atom. The molecule has 1 N–H and O–H groups in total. The fraction of sp³-hybridized carbons (Fsp3) is 0.250. The number of fused-ring (bicyclic) bond motifs is 2. The van der Waals surface area contributed by atoms with Crippen molar-refractivity contribution in [2.75, 3.05) is 14.2 Å². The summed E-state index contributed by atoms with van der Waals surface area (Å²) in [7, 11) is 2.88. The molecule has 0 saturated carbocycles. The van der Waals surface area contributed by atoms with Crippen LogP contribution in [0.4, 0.5) is 0 Å². The number of carbonyl (C=O) groups is 2. The Kier molecular flexibility index (Phi) is 3.80. The largest absolute Gasteiger partial charge is 0.496 e. The minimum atomic E-state index is -0.616. The molecule has 146 valence electrons. The molecule has 0 bridgehead atoms. The molecule has 0 spiro atoms. The van der Waals surface area contributed by atoms with Crippen LogP contribution in [-0.2, 0) is 11.2 Å². The van der Waals surface area contributed by atoms with Gasteiger partial charge >= 0.3 is 5.97 Å². The Bertz CT molecular complexity index is 1220. The van der Waals surface area contributed by atoms with Crippen molar-refractivity contribution in [3.63, 3.8) is 0 Å². The summed E-state index contributed by atoms with van der Waals surface area (Å²) < 4.78 is 10.5. The molecular weight excluding hydrogens is 368 g/mol. The Morgan fingerprint density at radius 3 is 2.59 bits per heavy atom. The van der Waals surface area contributed by atoms with Crippen molar-refractivity contribution in [1.82, 2.24) is 0 Å². The number of hydrogen-bond donors (Lipinski definition) is 1. The van der Waals surface area contributed by atoms with E-state index in [1.807, 2.05) is 31.2 Å². The summed E-state index contributed by atoms with van der Waals surface area (Å²) in [5, 5.41) is 12.4. The molecule has 3 aromatic carbocycles. The molecular formula is C24H20O5. The molecule has 2 atom stereocenters. The van der Waals surface area contributed by atoms with Gasteiger partial charge in [0.05, 0.1) is 31.5 Å². The third-order valence-corrected chi connectivity index (χ3v) is 6.19. The Labute approximate surface area is 167 Å². The number of rotatable bonds is 2. The summed E-state index contributed by atoms with van der Waals surface area (Å²) in [6.07, 6.45) is 0.00700. The number of ketones is 1. The molecule has 2 aliphatic carbocycles. The summed E-state index contributed by atoms with van der Waals surface area (Å²) in [6, 6.07) is 10.8. The predicted molar refractivity (Wildman–Crippen MR) is 109 cm³/mol. The fourth-order valence-electron chi connectivity index (χ4n) is 4.87. The van der Waals surface area contributed by atoms with Gasteiger partial charge in [-0.3, -0.25) is 4.79 Å². The van der Waals surface area contributed by atoms with Crippen molar-refractivity contribution in [3.05, 3.63) is 64.2 Å². The molecule has 0 aliphatic heterocycles. The van der Waals surface area contributed by atoms with Gasteiger partial charge in [-0.15, -0.1) is 0 Å². The molecule has 0 heterocycles. The highest BCUT2D eigenvalue weighted by molar-refractivity contribution is 6.29. The number of ether oxygens (including phenoxy) is 2. The zero-order valence-corrected chi connectivity index (χ0v) is 16.4. The minimum Gasteiger partial charge on any atom is -0.496 e. The maximum Gasteiger partial charge on any atom is 0.338 e. The van der Waals surface area contributed by atoms with Gasteiger partial charge in [0.15, 0.2) is 5.78 Å². The van der Waals surface area contributed by atoms with Gasteiger partial charge in [0.2, 0.25) is 0 Å². The molecule has 5 rings (SSSR count). The second kappa shape index (κ2) is 6.16. The molecule has 29 heavy (non-hydrogen) atoms. The van der Waals surface area contributed by atoms with Crippen LogP contribution in [0.25, 0.3) is 21.9 Å². The number of aliphatic hydroxyl groups is 1. The van der Waals surface area contributed by atoms with Crippen LogP contribution >= 0.6 is 0 Å². The van der Waals surface area contributed by atoms with Crippen LogP contribution in [0.15, 0.2) is 36.4 Å². The monoisotopic (exact) mass is 388 g/mol. The van der Waals surface area contributed by atoms with Crippen LogP contribution in [0, 0.1) is 5.92 Å². The lowest BCUT2D eigenvalue weighted by molar-refractivity contribution is 0.0601. The van der Waals surface area contributed by atoms with E-state index in [2.05, 4.69) is 0 Å². The second-order valence-corrected chi connectivity index (χ2v) is 7.74. The number of aliphatic hydroxyl groups excluding tert-OH is 1. The first-order chi connectivity index (χ1) is 14.0. The molecule has 0 saturated heterocycles. The van der Waals surface area contributed by atoms with E-state index >= 15 is 0 Å². The fourth-order valence-corrected chi connectivity index (χ4v) is 4.87. The van der Waals surface area contributed by atoms with E-state index < -0.39 is 12.1 Å². The standard InChI is InChI=1S/C24H20O5/c1-11-9-12-10-16(24(27)29-3)19-13-5-4-6-17(28-2)20(13)23(26)15-8-7-14(22(11)25)18(12)21(15)19/h4-8,10-11,22,25H,9H2,1-3H3/t11-,22+/m1/s1. The molecule has 5 nitrogen and oxygen atoms in total. The van der Waals surface area contributed by atoms with Crippen molar-refractivity contribution in [1.29, 1.82) is 0 Å². The molecule has 2 aliphatic rings. The lowest BCUT2D eigenvalue weighted by atomic mass is 9.73. The van der Waals surface area contributed by atoms with Gasteiger partial charge in [-0.1, -0.05) is 25.1 Å². The first-order valence-corrected chi connectivity index (χ1v) is 9.58. The van der Waals surface area contributed by atoms with E-state index in [1.54, 1.807) is 12.1 Å². The maximum atomic E-state index is 13.4. The third-order valence-electron chi connectivity index (χ3n) is 6.19. The summed E-state index contributed by atoms with van der Waals surface area (Å²) in [4.78, 5) is 26.2. The normalized spacial score (nSPS) is 19.1. The second-order valence-electron chi connectivity index (χ2n) is 7.74. The Morgan fingerprint density at radius 2 is 1.86 bits per heavy atom. The van der Waals surface area contributed by atoms with Crippen LogP contribution in [0.2, 0.25) is 0 Å². The van der Waals surface area contributed by atoms with Gasteiger partial charge in [-0.25, -0.2) is 4.79 Å². The van der Waals surface area contributed by atoms with Crippen molar-refractivity contribution in [3.8, 4) is 16.9 Å². The average Bonchev–Trinajstić information content (AvgIpc) is 2.74. The van der Waals surface area contributed by atoms with Crippen LogP contribution in [0.1, 0.15) is 50.4 Å². The lowest BCUT2D eigenvalue weighted by Gasteiger charge is -2.32.